The van der Waals surface area contributed by atoms with E-state index in [0.29, 0.717) is 30.0 Å². The van der Waals surface area contributed by atoms with Gasteiger partial charge < -0.3 is 14.4 Å². The van der Waals surface area contributed by atoms with Crippen molar-refractivity contribution < 1.29 is 18.7 Å². The highest BCUT2D eigenvalue weighted by Crippen LogP contribution is 2.35. The molecular formula is C18H20FNO3S. The lowest BCUT2D eigenvalue weighted by molar-refractivity contribution is -0.100. The van der Waals surface area contributed by atoms with Crippen LogP contribution in [-0.2, 0) is 9.47 Å². The second-order valence-corrected chi connectivity index (χ2v) is 7.39. The Morgan fingerprint density at radius 3 is 2.83 bits per heavy atom. The van der Waals surface area contributed by atoms with E-state index in [-0.39, 0.29) is 24.1 Å². The van der Waals surface area contributed by atoms with Crippen LogP contribution in [0, 0.1) is 12.7 Å². The fourth-order valence-corrected chi connectivity index (χ4v) is 4.86. The van der Waals surface area contributed by atoms with Crippen molar-refractivity contribution in [2.75, 3.05) is 19.8 Å². The predicted molar refractivity (Wildman–Crippen MR) is 90.9 cm³/mol. The maximum Gasteiger partial charge on any atom is 0.264 e. The summed E-state index contributed by atoms with van der Waals surface area (Å²) in [6.07, 6.45) is 2.60. The smallest absolute Gasteiger partial charge is 0.264 e. The van der Waals surface area contributed by atoms with Crippen LogP contribution in [-0.4, -0.2) is 42.9 Å². The molecule has 2 aliphatic rings. The van der Waals surface area contributed by atoms with Crippen LogP contribution in [0.15, 0.2) is 18.2 Å². The second-order valence-electron chi connectivity index (χ2n) is 6.34. The first kappa shape index (κ1) is 16.0. The zero-order valence-electron chi connectivity index (χ0n) is 13.6. The number of hydrogen-bond acceptors (Lipinski definition) is 4. The Kier molecular flexibility index (Phi) is 4.28. The molecule has 128 valence electrons. The van der Waals surface area contributed by atoms with Gasteiger partial charge in [0.15, 0.2) is 6.29 Å². The third kappa shape index (κ3) is 2.62. The molecule has 24 heavy (non-hydrogen) atoms. The van der Waals surface area contributed by atoms with Gasteiger partial charge in [0.2, 0.25) is 0 Å². The van der Waals surface area contributed by atoms with Crippen molar-refractivity contribution in [3.8, 4) is 0 Å². The SMILES string of the molecule is Cc1c(C(=O)N2CCCCC2C2OCCO2)sc2cccc(F)c12. The second kappa shape index (κ2) is 6.43. The summed E-state index contributed by atoms with van der Waals surface area (Å²) in [5.74, 6) is -0.296. The molecule has 4 rings (SSSR count). The molecular weight excluding hydrogens is 329 g/mol. The number of halogens is 1. The van der Waals surface area contributed by atoms with Crippen LogP contribution in [0.3, 0.4) is 0 Å². The first-order chi connectivity index (χ1) is 11.7. The Balaban J connectivity index is 1.69. The van der Waals surface area contributed by atoms with E-state index < -0.39 is 0 Å². The molecule has 0 bridgehead atoms. The number of piperidine rings is 1. The normalized spacial score (nSPS) is 22.4. The van der Waals surface area contributed by atoms with Gasteiger partial charge in [-0.2, -0.15) is 0 Å². The Labute approximate surface area is 144 Å². The summed E-state index contributed by atoms with van der Waals surface area (Å²) < 4.78 is 26.2. The summed E-state index contributed by atoms with van der Waals surface area (Å²) in [6.45, 7) is 3.69. The average Bonchev–Trinajstić information content (AvgIpc) is 3.23. The van der Waals surface area contributed by atoms with E-state index in [9.17, 15) is 9.18 Å². The van der Waals surface area contributed by atoms with Crippen LogP contribution in [0.5, 0.6) is 0 Å². The third-order valence-corrected chi connectivity index (χ3v) is 6.11. The topological polar surface area (TPSA) is 38.8 Å². The van der Waals surface area contributed by atoms with Gasteiger partial charge in [0.25, 0.3) is 5.91 Å². The summed E-state index contributed by atoms with van der Waals surface area (Å²) in [4.78, 5) is 15.7. The van der Waals surface area contributed by atoms with Crippen LogP contribution in [0.4, 0.5) is 4.39 Å². The number of hydrogen-bond donors (Lipinski definition) is 0. The third-order valence-electron chi connectivity index (χ3n) is 4.87. The molecule has 1 unspecified atom stereocenters. The molecule has 4 nitrogen and oxygen atoms in total. The Bertz CT molecular complexity index is 769. The minimum atomic E-state index is -0.333. The number of fused-ring (bicyclic) bond motifs is 1. The molecule has 1 amide bonds. The molecule has 2 fully saturated rings. The molecule has 0 saturated carbocycles. The van der Waals surface area contributed by atoms with Crippen LogP contribution in [0.1, 0.15) is 34.5 Å². The number of carbonyl (C=O) groups excluding carboxylic acids is 1. The maximum atomic E-state index is 14.1. The van der Waals surface area contributed by atoms with Crippen molar-refractivity contribution in [2.45, 2.75) is 38.5 Å². The van der Waals surface area contributed by atoms with Gasteiger partial charge in [-0.15, -0.1) is 11.3 Å². The minimum absolute atomic E-state index is 0.0306. The maximum absolute atomic E-state index is 14.1. The number of ether oxygens (including phenoxy) is 2. The first-order valence-corrected chi connectivity index (χ1v) is 9.20. The number of amides is 1. The van der Waals surface area contributed by atoms with Crippen molar-refractivity contribution in [1.82, 2.24) is 4.90 Å². The first-order valence-electron chi connectivity index (χ1n) is 8.38. The molecule has 0 radical (unpaired) electrons. The molecule has 3 heterocycles. The number of rotatable bonds is 2. The molecule has 6 heteroatoms. The number of nitrogens with zero attached hydrogens (tertiary/aromatic N) is 1. The fourth-order valence-electron chi connectivity index (χ4n) is 3.68. The van der Waals surface area contributed by atoms with E-state index in [1.165, 1.54) is 17.4 Å². The molecule has 1 atom stereocenters. The highest BCUT2D eigenvalue weighted by molar-refractivity contribution is 7.21. The van der Waals surface area contributed by atoms with Crippen molar-refractivity contribution in [1.29, 1.82) is 0 Å². The summed E-state index contributed by atoms with van der Waals surface area (Å²) in [6, 6.07) is 4.94. The highest BCUT2D eigenvalue weighted by Gasteiger charge is 2.37. The van der Waals surface area contributed by atoms with Gasteiger partial charge >= 0.3 is 0 Å². The molecule has 2 aliphatic heterocycles. The van der Waals surface area contributed by atoms with Gasteiger partial charge in [-0.3, -0.25) is 4.79 Å². The van der Waals surface area contributed by atoms with Gasteiger partial charge in [-0.1, -0.05) is 6.07 Å². The van der Waals surface area contributed by atoms with Crippen molar-refractivity contribution in [3.63, 3.8) is 0 Å². The average molecular weight is 349 g/mol. The lowest BCUT2D eigenvalue weighted by Crippen LogP contribution is -2.50. The van der Waals surface area contributed by atoms with Gasteiger partial charge in [0.05, 0.1) is 24.1 Å². The van der Waals surface area contributed by atoms with Gasteiger partial charge in [-0.05, 0) is 43.9 Å². The summed E-state index contributed by atoms with van der Waals surface area (Å²) in [7, 11) is 0. The lowest BCUT2D eigenvalue weighted by atomic mass is 10.0. The Morgan fingerprint density at radius 2 is 2.08 bits per heavy atom. The molecule has 2 aromatic rings. The zero-order chi connectivity index (χ0) is 16.7. The lowest BCUT2D eigenvalue weighted by Gasteiger charge is -2.37. The molecule has 2 saturated heterocycles. The van der Waals surface area contributed by atoms with E-state index >= 15 is 0 Å². The van der Waals surface area contributed by atoms with Gasteiger partial charge in [0.1, 0.15) is 5.82 Å². The summed E-state index contributed by atoms with van der Waals surface area (Å²) >= 11 is 1.37. The van der Waals surface area contributed by atoms with Gasteiger partial charge in [-0.25, -0.2) is 4.39 Å². The quantitative estimate of drug-likeness (QED) is 0.829. The molecule has 1 aromatic carbocycles. The molecule has 0 N–H and O–H groups in total. The van der Waals surface area contributed by atoms with Crippen LogP contribution in [0.25, 0.3) is 10.1 Å². The summed E-state index contributed by atoms with van der Waals surface area (Å²) in [5, 5.41) is 0.563. The molecule has 0 spiro atoms. The van der Waals surface area contributed by atoms with Crippen molar-refractivity contribution >= 4 is 27.3 Å². The Morgan fingerprint density at radius 1 is 1.29 bits per heavy atom. The van der Waals surface area contributed by atoms with Gasteiger partial charge in [0, 0.05) is 16.6 Å². The monoisotopic (exact) mass is 349 g/mol. The van der Waals surface area contributed by atoms with E-state index in [2.05, 4.69) is 0 Å². The standard InChI is InChI=1S/C18H20FNO3S/c1-11-15-12(19)5-4-7-14(15)24-16(11)17(21)20-8-3-2-6-13(20)18-22-9-10-23-18/h4-5,7,13,18H,2-3,6,8-10H2,1H3. The van der Waals surface area contributed by atoms with Crippen LogP contribution in [0.2, 0.25) is 0 Å². The zero-order valence-corrected chi connectivity index (χ0v) is 14.4. The van der Waals surface area contributed by atoms with Crippen molar-refractivity contribution in [2.24, 2.45) is 0 Å². The predicted octanol–water partition coefficient (Wildman–Crippen LogP) is 3.72. The number of benzene rings is 1. The minimum Gasteiger partial charge on any atom is -0.348 e. The van der Waals surface area contributed by atoms with E-state index in [4.69, 9.17) is 9.47 Å². The Hall–Kier alpha value is -1.50. The molecule has 1 aromatic heterocycles. The largest absolute Gasteiger partial charge is 0.348 e. The van der Waals surface area contributed by atoms with Crippen molar-refractivity contribution in [3.05, 3.63) is 34.5 Å². The number of thiophene rings is 1. The van der Waals surface area contributed by atoms with E-state index in [1.807, 2.05) is 17.9 Å². The van der Waals surface area contributed by atoms with E-state index in [1.54, 1.807) is 6.07 Å². The van der Waals surface area contributed by atoms with Crippen LogP contribution < -0.4 is 0 Å². The number of likely N-dealkylation sites (tertiary alicyclic amines) is 1. The van der Waals surface area contributed by atoms with E-state index in [0.717, 1.165) is 29.5 Å². The number of carbonyl (C=O) groups is 1. The molecule has 0 aliphatic carbocycles. The number of aryl methyl sites for hydroxylation is 1. The van der Waals surface area contributed by atoms with Crippen LogP contribution >= 0.6 is 11.3 Å². The highest BCUT2D eigenvalue weighted by atomic mass is 32.1. The fraction of sp³-hybridized carbons (Fsp3) is 0.500. The summed E-state index contributed by atoms with van der Waals surface area (Å²) in [5.41, 5.74) is 0.732.